The molecule has 1 fully saturated rings. The highest BCUT2D eigenvalue weighted by atomic mass is 16.5. The van der Waals surface area contributed by atoms with Crippen molar-refractivity contribution in [3.63, 3.8) is 0 Å². The average Bonchev–Trinajstić information content (AvgIpc) is 2.96. The highest BCUT2D eigenvalue weighted by Gasteiger charge is 2.24. The quantitative estimate of drug-likeness (QED) is 0.710. The topological polar surface area (TPSA) is 60.2 Å². The molecule has 1 saturated heterocycles. The smallest absolute Gasteiger partial charge is 0.278 e. The van der Waals surface area contributed by atoms with Crippen molar-refractivity contribution in [2.75, 3.05) is 13.7 Å². The number of nitrogens with zero attached hydrogens (tertiary/aromatic N) is 4. The molecule has 6 nitrogen and oxygen atoms in total. The van der Waals surface area contributed by atoms with Crippen LogP contribution in [0.5, 0.6) is 5.75 Å². The predicted molar refractivity (Wildman–Crippen MR) is 105 cm³/mol. The highest BCUT2D eigenvalue weighted by molar-refractivity contribution is 5.76. The number of ether oxygens (including phenoxy) is 1. The van der Waals surface area contributed by atoms with E-state index in [4.69, 9.17) is 4.74 Å². The number of fused-ring (bicyclic) bond motifs is 1. The lowest BCUT2D eigenvalue weighted by atomic mass is 10.0. The SMILES string of the molecule is COc1ccc(C2CCCCCN2Cn2nnc3ccccc3c2=O)cc1. The van der Waals surface area contributed by atoms with Gasteiger partial charge in [-0.15, -0.1) is 5.10 Å². The highest BCUT2D eigenvalue weighted by Crippen LogP contribution is 2.31. The van der Waals surface area contributed by atoms with E-state index in [0.717, 1.165) is 25.1 Å². The van der Waals surface area contributed by atoms with Gasteiger partial charge in [-0.1, -0.05) is 42.3 Å². The molecule has 0 N–H and O–H groups in total. The van der Waals surface area contributed by atoms with Gasteiger partial charge >= 0.3 is 0 Å². The van der Waals surface area contributed by atoms with Crippen LogP contribution >= 0.6 is 0 Å². The van der Waals surface area contributed by atoms with Crippen LogP contribution in [0.2, 0.25) is 0 Å². The van der Waals surface area contributed by atoms with E-state index >= 15 is 0 Å². The normalized spacial score (nSPS) is 18.3. The van der Waals surface area contributed by atoms with Gasteiger partial charge in [0.15, 0.2) is 0 Å². The molecule has 2 aromatic carbocycles. The first kappa shape index (κ1) is 17.7. The molecule has 0 aliphatic carbocycles. The van der Waals surface area contributed by atoms with Gasteiger partial charge in [0, 0.05) is 12.6 Å². The Balaban J connectivity index is 1.65. The summed E-state index contributed by atoms with van der Waals surface area (Å²) >= 11 is 0. The fraction of sp³-hybridized carbons (Fsp3) is 0.381. The molecule has 1 aliphatic heterocycles. The number of likely N-dealkylation sites (tertiary alicyclic amines) is 1. The maximum absolute atomic E-state index is 12.8. The Hall–Kier alpha value is -2.73. The van der Waals surface area contributed by atoms with E-state index in [2.05, 4.69) is 27.3 Å². The lowest BCUT2D eigenvalue weighted by Crippen LogP contribution is -2.36. The first-order valence-electron chi connectivity index (χ1n) is 9.47. The molecule has 0 bridgehead atoms. The number of hydrogen-bond donors (Lipinski definition) is 0. The summed E-state index contributed by atoms with van der Waals surface area (Å²) in [6.07, 6.45) is 4.59. The summed E-state index contributed by atoms with van der Waals surface area (Å²) in [5.41, 5.74) is 1.80. The summed E-state index contributed by atoms with van der Waals surface area (Å²) in [5, 5.41) is 9.01. The molecule has 0 saturated carbocycles. The van der Waals surface area contributed by atoms with Crippen LogP contribution < -0.4 is 10.3 Å². The van der Waals surface area contributed by atoms with E-state index in [1.165, 1.54) is 23.1 Å². The molecule has 0 amide bonds. The fourth-order valence-electron chi connectivity index (χ4n) is 3.83. The van der Waals surface area contributed by atoms with Crippen molar-refractivity contribution >= 4 is 10.9 Å². The predicted octanol–water partition coefficient (Wildman–Crippen LogP) is 3.37. The van der Waals surface area contributed by atoms with Gasteiger partial charge in [-0.3, -0.25) is 9.69 Å². The van der Waals surface area contributed by atoms with Crippen molar-refractivity contribution in [1.29, 1.82) is 0 Å². The van der Waals surface area contributed by atoms with Crippen LogP contribution in [0.3, 0.4) is 0 Å². The second-order valence-corrected chi connectivity index (χ2v) is 7.00. The molecule has 1 aromatic heterocycles. The van der Waals surface area contributed by atoms with Crippen molar-refractivity contribution in [2.24, 2.45) is 0 Å². The van der Waals surface area contributed by atoms with Gasteiger partial charge in [0.25, 0.3) is 5.56 Å². The van der Waals surface area contributed by atoms with Crippen LogP contribution in [0.1, 0.15) is 37.3 Å². The molecule has 2 heterocycles. The zero-order valence-corrected chi connectivity index (χ0v) is 15.5. The van der Waals surface area contributed by atoms with E-state index in [1.54, 1.807) is 7.11 Å². The number of rotatable bonds is 4. The summed E-state index contributed by atoms with van der Waals surface area (Å²) in [4.78, 5) is 15.2. The maximum Gasteiger partial charge on any atom is 0.278 e. The summed E-state index contributed by atoms with van der Waals surface area (Å²) in [7, 11) is 1.68. The fourth-order valence-corrected chi connectivity index (χ4v) is 3.83. The van der Waals surface area contributed by atoms with Gasteiger partial charge in [-0.05, 0) is 42.7 Å². The van der Waals surface area contributed by atoms with Gasteiger partial charge in [0.2, 0.25) is 0 Å². The van der Waals surface area contributed by atoms with Crippen molar-refractivity contribution in [3.05, 3.63) is 64.4 Å². The molecule has 1 aliphatic rings. The monoisotopic (exact) mass is 364 g/mol. The van der Waals surface area contributed by atoms with Crippen LogP contribution in [0.4, 0.5) is 0 Å². The first-order chi connectivity index (χ1) is 13.3. The molecule has 3 aromatic rings. The van der Waals surface area contributed by atoms with Gasteiger partial charge < -0.3 is 4.74 Å². The van der Waals surface area contributed by atoms with E-state index in [1.807, 2.05) is 36.4 Å². The van der Waals surface area contributed by atoms with Crippen molar-refractivity contribution in [2.45, 2.75) is 38.4 Å². The van der Waals surface area contributed by atoms with E-state index in [9.17, 15) is 4.79 Å². The number of aromatic nitrogens is 3. The van der Waals surface area contributed by atoms with Crippen molar-refractivity contribution < 1.29 is 4.74 Å². The zero-order chi connectivity index (χ0) is 18.6. The average molecular weight is 364 g/mol. The summed E-state index contributed by atoms with van der Waals surface area (Å²) in [5.74, 6) is 0.857. The number of methoxy groups -OCH3 is 1. The van der Waals surface area contributed by atoms with Crippen molar-refractivity contribution in [3.8, 4) is 5.75 Å². The minimum atomic E-state index is -0.0849. The lowest BCUT2D eigenvalue weighted by Gasteiger charge is -2.30. The maximum atomic E-state index is 12.8. The Bertz CT molecular complexity index is 968. The van der Waals surface area contributed by atoms with Crippen LogP contribution in [-0.4, -0.2) is 33.5 Å². The standard InChI is InChI=1S/C21H24N4O2/c1-27-17-12-10-16(11-13-17)20-9-3-2-6-14-24(20)15-25-21(26)18-7-4-5-8-19(18)22-23-25/h4-5,7-8,10-13,20H,2-3,6,9,14-15H2,1H3. The molecular weight excluding hydrogens is 340 g/mol. The Labute approximate surface area is 158 Å². The van der Waals surface area contributed by atoms with E-state index < -0.39 is 0 Å². The molecule has 27 heavy (non-hydrogen) atoms. The van der Waals surface area contributed by atoms with Gasteiger partial charge in [0.05, 0.1) is 19.2 Å². The largest absolute Gasteiger partial charge is 0.497 e. The Kier molecular flexibility index (Phi) is 5.16. The molecule has 4 rings (SSSR count). The molecule has 140 valence electrons. The molecule has 0 spiro atoms. The molecule has 6 heteroatoms. The Morgan fingerprint density at radius 1 is 1.07 bits per heavy atom. The first-order valence-corrected chi connectivity index (χ1v) is 9.47. The van der Waals surface area contributed by atoms with Crippen molar-refractivity contribution in [1.82, 2.24) is 19.9 Å². The minimum absolute atomic E-state index is 0.0849. The molecule has 1 atom stereocenters. The van der Waals surface area contributed by atoms with Crippen LogP contribution in [0.25, 0.3) is 10.9 Å². The van der Waals surface area contributed by atoms with Crippen LogP contribution in [-0.2, 0) is 6.67 Å². The third-order valence-corrected chi connectivity index (χ3v) is 5.31. The minimum Gasteiger partial charge on any atom is -0.497 e. The number of hydrogen-bond acceptors (Lipinski definition) is 5. The Morgan fingerprint density at radius 2 is 1.89 bits per heavy atom. The second kappa shape index (κ2) is 7.88. The van der Waals surface area contributed by atoms with E-state index in [0.29, 0.717) is 17.6 Å². The number of benzene rings is 2. The Morgan fingerprint density at radius 3 is 2.70 bits per heavy atom. The van der Waals surface area contributed by atoms with Crippen LogP contribution in [0.15, 0.2) is 53.3 Å². The third-order valence-electron chi connectivity index (χ3n) is 5.31. The van der Waals surface area contributed by atoms with Gasteiger partial charge in [-0.2, -0.15) is 4.68 Å². The lowest BCUT2D eigenvalue weighted by molar-refractivity contribution is 0.141. The summed E-state index contributed by atoms with van der Waals surface area (Å²) < 4.78 is 6.77. The van der Waals surface area contributed by atoms with E-state index in [-0.39, 0.29) is 11.6 Å². The molecule has 1 unspecified atom stereocenters. The van der Waals surface area contributed by atoms with Gasteiger partial charge in [-0.25, -0.2) is 0 Å². The third kappa shape index (κ3) is 3.71. The summed E-state index contributed by atoms with van der Waals surface area (Å²) in [6.45, 7) is 1.39. The second-order valence-electron chi connectivity index (χ2n) is 7.00. The zero-order valence-electron chi connectivity index (χ0n) is 15.5. The van der Waals surface area contributed by atoms with Crippen LogP contribution in [0, 0.1) is 0 Å². The van der Waals surface area contributed by atoms with Gasteiger partial charge in [0.1, 0.15) is 11.3 Å². The summed E-state index contributed by atoms with van der Waals surface area (Å²) in [6, 6.07) is 15.9. The molecular formula is C21H24N4O2. The molecule has 0 radical (unpaired) electrons.